The zero-order chi connectivity index (χ0) is 101. The predicted molar refractivity (Wildman–Crippen MR) is 514 cm³/mol. The van der Waals surface area contributed by atoms with E-state index in [4.69, 9.17) is 66.8 Å². The van der Waals surface area contributed by atoms with Crippen molar-refractivity contribution in [2.45, 2.75) is 206 Å². The number of ether oxygens (including phenoxy) is 8. The molecule has 18 atom stereocenters. The number of carbonyl (C=O) groups is 10. The van der Waals surface area contributed by atoms with E-state index < -0.39 is 262 Å². The Hall–Kier alpha value is -13.7. The average Bonchev–Trinajstić information content (AvgIpc) is 1.37. The minimum absolute atomic E-state index is 0.0393. The fraction of sp³-hybridized carbons (Fsp3) is 0.390. The maximum Gasteiger partial charge on any atom is 0.407 e. The van der Waals surface area contributed by atoms with Gasteiger partial charge in [0, 0.05) is 41.5 Å². The minimum Gasteiger partial charge on any atom is -0.508 e. The van der Waals surface area contributed by atoms with Crippen LogP contribution in [0.2, 0.25) is 10.0 Å². The first-order chi connectivity index (χ1) is 69.0. The van der Waals surface area contributed by atoms with Gasteiger partial charge in [-0.3, -0.25) is 38.4 Å². The molecule has 6 aliphatic carbocycles. The van der Waals surface area contributed by atoms with Crippen LogP contribution in [0.15, 0.2) is 176 Å². The maximum atomic E-state index is 16.7. The van der Waals surface area contributed by atoms with Gasteiger partial charge in [0.2, 0.25) is 59.3 Å². The van der Waals surface area contributed by atoms with E-state index in [9.17, 15) is 60.3 Å². The van der Waals surface area contributed by atoms with Crippen LogP contribution in [0.3, 0.4) is 0 Å². The van der Waals surface area contributed by atoms with Crippen molar-refractivity contribution in [3.8, 4) is 79.4 Å². The third-order valence-corrected chi connectivity index (χ3v) is 29.9. The lowest BCUT2D eigenvalue weighted by Crippen LogP contribution is -2.66. The normalized spacial score (nSPS) is 28.5. The molecule has 20 N–H and O–H groups in total. The van der Waals surface area contributed by atoms with Crippen LogP contribution in [0.1, 0.15) is 171 Å². The Morgan fingerprint density at radius 2 is 1.09 bits per heavy atom. The molecule has 7 heterocycles. The third kappa shape index (κ3) is 19.6. The van der Waals surface area contributed by atoms with Crippen molar-refractivity contribution in [2.75, 3.05) is 19.8 Å². The molecule has 2 saturated heterocycles. The monoisotopic (exact) mass is 2010 g/mol. The molecule has 13 aliphatic rings. The Morgan fingerprint density at radius 1 is 0.549 bits per heavy atom. The van der Waals surface area contributed by atoms with E-state index in [0.717, 1.165) is 137 Å². The second-order valence-corrected chi connectivity index (χ2v) is 40.2. The molecule has 0 unspecified atom stereocenters. The summed E-state index contributed by atoms with van der Waals surface area (Å²) in [6.07, 6.45) is -18.4. The molecule has 22 rings (SSSR count). The number of aliphatic hydroxyl groups excluding tert-OH is 6. The topological polar surface area (TPSA) is 561 Å². The Kier molecular flexibility index (Phi) is 27.8. The minimum atomic E-state index is -2.44. The summed E-state index contributed by atoms with van der Waals surface area (Å²) in [5.41, 5.74) is 9.20. The van der Waals surface area contributed by atoms with E-state index in [2.05, 4.69) is 47.9 Å². The fourth-order valence-corrected chi connectivity index (χ4v) is 23.0. The number of aromatic hydroxyl groups is 3. The largest absolute Gasteiger partial charge is 0.508 e. The summed E-state index contributed by atoms with van der Waals surface area (Å²) in [5, 5.41) is 132. The van der Waals surface area contributed by atoms with E-state index in [0.29, 0.717) is 11.8 Å². The van der Waals surface area contributed by atoms with Crippen molar-refractivity contribution in [3.63, 3.8) is 0 Å². The highest BCUT2D eigenvalue weighted by Crippen LogP contribution is 2.56. The highest BCUT2D eigenvalue weighted by molar-refractivity contribution is 6.32. The lowest BCUT2D eigenvalue weighted by Gasteiger charge is -2.54. The van der Waals surface area contributed by atoms with Crippen molar-refractivity contribution in [2.24, 2.45) is 35.3 Å². The molecular weight excluding hydrogens is 1900 g/mol. The number of halogens is 2. The van der Waals surface area contributed by atoms with Gasteiger partial charge in [-0.25, -0.2) is 9.59 Å². The summed E-state index contributed by atoms with van der Waals surface area (Å²) in [6, 6.07) is 29.5. The lowest BCUT2D eigenvalue weighted by atomic mass is 9.54. The number of carbonyl (C=O) groups excluding carboxylic acids is 10. The van der Waals surface area contributed by atoms with Crippen LogP contribution in [-0.4, -0.2) is 210 Å². The van der Waals surface area contributed by atoms with Crippen LogP contribution in [0.5, 0.6) is 46.0 Å². The summed E-state index contributed by atoms with van der Waals surface area (Å²) in [6.45, 7) is 5.06. The molecule has 37 nitrogen and oxygen atoms in total. The van der Waals surface area contributed by atoms with Gasteiger partial charge in [0.15, 0.2) is 23.9 Å². The van der Waals surface area contributed by atoms with Gasteiger partial charge in [-0.1, -0.05) is 152 Å². The Morgan fingerprint density at radius 3 is 1.65 bits per heavy atom. The van der Waals surface area contributed by atoms with Gasteiger partial charge < -0.3 is 137 Å². The quantitative estimate of drug-likeness (QED) is 0.0359. The number of benzene rings is 9. The Bertz CT molecular complexity index is 6470. The van der Waals surface area contributed by atoms with Gasteiger partial charge >= 0.3 is 12.2 Å². The van der Waals surface area contributed by atoms with E-state index in [-0.39, 0.29) is 76.7 Å². The molecule has 0 radical (unpaired) electrons. The van der Waals surface area contributed by atoms with Crippen LogP contribution in [0, 0.1) is 29.6 Å². The highest BCUT2D eigenvalue weighted by atomic mass is 35.5. The molecule has 39 heteroatoms. The van der Waals surface area contributed by atoms with E-state index >= 15 is 33.6 Å². The van der Waals surface area contributed by atoms with Crippen LogP contribution < -0.4 is 67.8 Å². The average molecular weight is 2010 g/mol. The SMILES string of the molecule is CC(C)C[C@@H](NC(=O)OCC1c2ccccc2-c2ccccc21)C(=O)N[C@H]1C(=O)N[C@@H](CC(N)=O)C(=O)N[C@H]2C(=O)N[C@H]3C(=O)N[C@H](C(=O)N[C@H](C(=O)NC4C5CC6CC(C5)CC4C6)c4cc(O)cc(O)c4-c4cc3ccc4O)[C@H](O)c3ccc(c(Cl)c3)Oc3cc2cc(c3O[C@@H]2O[C@H](CO)[C@@H](O)[C@H](O)[C@H]2O[C@H]2C[C@](C)(NC(=O)OCC3c4ccccc4-c4ccccc43)[C@H](O)[C@H](C)O2)Oc2ccc(cc2Cl)[C@H]1O. The molecule has 9 aromatic carbocycles. The number of nitrogens with two attached hydrogens (primary N) is 1. The fourth-order valence-electron chi connectivity index (χ4n) is 22.5. The number of primary amides is 1. The summed E-state index contributed by atoms with van der Waals surface area (Å²) in [5.74, 6) is -15.5. The second-order valence-electron chi connectivity index (χ2n) is 39.4. The number of amides is 10. The third-order valence-electron chi connectivity index (χ3n) is 29.3. The van der Waals surface area contributed by atoms with Crippen molar-refractivity contribution in [1.29, 1.82) is 0 Å². The number of phenols is 3. The molecule has 4 saturated carbocycles. The number of hydrogen-bond donors (Lipinski definition) is 19. The molecule has 9 aromatic rings. The van der Waals surface area contributed by atoms with Crippen molar-refractivity contribution in [1.82, 2.24) is 47.9 Å². The van der Waals surface area contributed by atoms with E-state index in [1.54, 1.807) is 13.8 Å². The Labute approximate surface area is 834 Å². The number of aliphatic hydroxyl groups is 6. The molecular formula is C105H108Cl2N10O27. The first kappa shape index (κ1) is 99.1. The molecule has 10 amide bonds. The van der Waals surface area contributed by atoms with Crippen molar-refractivity contribution >= 4 is 82.6 Å². The van der Waals surface area contributed by atoms with Crippen molar-refractivity contribution in [3.05, 3.63) is 236 Å². The van der Waals surface area contributed by atoms with Crippen LogP contribution in [-0.2, 0) is 62.0 Å². The van der Waals surface area contributed by atoms with Gasteiger partial charge in [0.1, 0.15) is 121 Å². The molecule has 754 valence electrons. The Balaban J connectivity index is 0.722. The molecule has 15 bridgehead atoms. The zero-order valence-electron chi connectivity index (χ0n) is 78.2. The first-order valence-electron chi connectivity index (χ1n) is 47.8. The predicted octanol–water partition coefficient (Wildman–Crippen LogP) is 8.86. The number of hydrogen-bond acceptors (Lipinski definition) is 27. The smallest absolute Gasteiger partial charge is 0.407 e. The van der Waals surface area contributed by atoms with Gasteiger partial charge in [-0.05, 0) is 209 Å². The number of phenolic OH excluding ortho intramolecular Hbond substituents is 3. The molecule has 144 heavy (non-hydrogen) atoms. The maximum absolute atomic E-state index is 16.7. The van der Waals surface area contributed by atoms with Gasteiger partial charge in [0.25, 0.3) is 0 Å². The number of fused-ring (bicyclic) bond motifs is 21. The zero-order valence-corrected chi connectivity index (χ0v) is 79.7. The second kappa shape index (κ2) is 40.5. The van der Waals surface area contributed by atoms with Crippen LogP contribution in [0.25, 0.3) is 33.4 Å². The summed E-state index contributed by atoms with van der Waals surface area (Å²) < 4.78 is 51.8. The first-order valence-corrected chi connectivity index (χ1v) is 48.6. The van der Waals surface area contributed by atoms with E-state index in [1.807, 2.05) is 97.1 Å². The standard InChI is InChI=1S/C105H108Cl2N10O27/c1-45(2)27-70(110-103(135)137-43-66-60-17-9-5-13-56(60)57-14-6-10-18-61(57)66)95(128)115-86-88(123)50-22-25-74(68(106)34-50)140-76-36-54-37-77(92(76)144-102-93(91(126)90(125)78(42-118)142-102)143-80-41-105(4,94(127)46(3)139-80)117-104(136)138-44-67-62-19-11-7-15-58(62)59-16-8-12-20-63(59)67)141-75-26-23-51(35-69(75)107)89(124)87-101(134)114-85(99(132)111-82-52-29-47-28-48(31-52)32-53(82)30-47)65-38-55(119)39-73(121)81(65)64-33-49(21-24-72(64)120)83(97(130)116-87)113-98(131)84(54)112-96(129)71(40-79(108)122)109-100(86)133/h5-26,33-39,45-48,52-53,66-67,70-71,78,80,82-91,93-94,102,118-121,123-127H,27-32,40-44H2,1-4H3,(H2,108,122)(H,109,133)(H,110,135)(H,111,132)(H,112,129)(H,113,131)(H,114,134)(H,115,128)(H,116,130)(H,117,136)/t46-,47?,48?,52?,53?,70+,71-,78+,80-,82?,83+,84+,85-,86+,87-,88+,89+,90+,91-,93+,94+,102-,105-/m0/s1. The summed E-state index contributed by atoms with van der Waals surface area (Å²) in [7, 11) is 0. The number of nitrogens with one attached hydrogen (secondary N) is 9. The lowest BCUT2D eigenvalue weighted by molar-refractivity contribution is -0.334. The van der Waals surface area contributed by atoms with Gasteiger partial charge in [0.05, 0.1) is 34.7 Å². The summed E-state index contributed by atoms with van der Waals surface area (Å²) >= 11 is 14.7. The van der Waals surface area contributed by atoms with Gasteiger partial charge in [-0.2, -0.15) is 0 Å². The molecule has 6 fully saturated rings. The molecule has 7 aliphatic heterocycles. The number of alkyl carbamates (subject to hydrolysis) is 2. The highest BCUT2D eigenvalue weighted by Gasteiger charge is 2.55. The summed E-state index contributed by atoms with van der Waals surface area (Å²) in [4.78, 5) is 153. The molecule has 0 spiro atoms. The number of rotatable bonds is 19. The van der Waals surface area contributed by atoms with Gasteiger partial charge in [-0.15, -0.1) is 0 Å². The van der Waals surface area contributed by atoms with E-state index in [1.165, 1.54) is 32.0 Å². The van der Waals surface area contributed by atoms with Crippen LogP contribution in [0.4, 0.5) is 9.59 Å². The van der Waals surface area contributed by atoms with Crippen molar-refractivity contribution < 1.29 is 132 Å². The molecule has 0 aromatic heterocycles. The van der Waals surface area contributed by atoms with Crippen LogP contribution >= 0.6 is 23.2 Å².